The van der Waals surface area contributed by atoms with Crippen LogP contribution in [0.3, 0.4) is 0 Å². The maximum absolute atomic E-state index is 13.7. The topological polar surface area (TPSA) is 75.1 Å². The third kappa shape index (κ3) is 2.65. The van der Waals surface area contributed by atoms with Gasteiger partial charge in [0.2, 0.25) is 0 Å². The van der Waals surface area contributed by atoms with Gasteiger partial charge in [-0.05, 0) is 30.7 Å². The normalized spacial score (nSPS) is 10.3. The zero-order valence-corrected chi connectivity index (χ0v) is 9.82. The number of halogens is 2. The molecule has 98 valence electrons. The van der Waals surface area contributed by atoms with Crippen molar-refractivity contribution in [1.29, 1.82) is 0 Å². The van der Waals surface area contributed by atoms with Crippen molar-refractivity contribution in [2.24, 2.45) is 0 Å². The maximum Gasteiger partial charge on any atom is 0.356 e. The molecule has 0 aliphatic rings. The minimum atomic E-state index is -1.23. The number of aromatic nitrogens is 2. The second kappa shape index (κ2) is 4.97. The number of aromatic carboxylic acids is 1. The maximum atomic E-state index is 13.7. The molecule has 0 amide bonds. The molecule has 2 rings (SSSR count). The van der Waals surface area contributed by atoms with Gasteiger partial charge >= 0.3 is 5.97 Å². The van der Waals surface area contributed by atoms with E-state index in [4.69, 9.17) is 5.11 Å². The van der Waals surface area contributed by atoms with Crippen LogP contribution >= 0.6 is 0 Å². The Labute approximate surface area is 106 Å². The fraction of sp³-hybridized carbons (Fsp3) is 0.0833. The molecule has 0 saturated carbocycles. The van der Waals surface area contributed by atoms with E-state index in [0.717, 1.165) is 6.07 Å². The number of hydrogen-bond acceptors (Lipinski definition) is 4. The first kappa shape index (κ1) is 12.9. The van der Waals surface area contributed by atoms with Gasteiger partial charge < -0.3 is 10.4 Å². The lowest BCUT2D eigenvalue weighted by molar-refractivity contribution is 0.0689. The van der Waals surface area contributed by atoms with Gasteiger partial charge in [0.15, 0.2) is 17.3 Å². The Morgan fingerprint density at radius 1 is 1.21 bits per heavy atom. The van der Waals surface area contributed by atoms with E-state index in [1.165, 1.54) is 25.1 Å². The number of nitrogens with zero attached hydrogens (tertiary/aromatic N) is 2. The molecule has 2 N–H and O–H groups in total. The third-order valence-corrected chi connectivity index (χ3v) is 2.42. The minimum absolute atomic E-state index is 0.0494. The van der Waals surface area contributed by atoms with E-state index in [1.54, 1.807) is 0 Å². The van der Waals surface area contributed by atoms with Crippen LogP contribution in [0.1, 0.15) is 16.1 Å². The molecule has 0 fully saturated rings. The van der Waals surface area contributed by atoms with Crippen LogP contribution in [0.2, 0.25) is 0 Å². The molecule has 19 heavy (non-hydrogen) atoms. The van der Waals surface area contributed by atoms with E-state index < -0.39 is 17.6 Å². The highest BCUT2D eigenvalue weighted by molar-refractivity contribution is 5.85. The number of nitrogens with one attached hydrogen (secondary N) is 1. The van der Waals surface area contributed by atoms with Crippen molar-refractivity contribution in [2.75, 3.05) is 5.32 Å². The van der Waals surface area contributed by atoms with Crippen LogP contribution in [0, 0.1) is 18.6 Å². The highest BCUT2D eigenvalue weighted by Gasteiger charge is 2.13. The first-order chi connectivity index (χ1) is 8.99. The summed E-state index contributed by atoms with van der Waals surface area (Å²) in [5, 5.41) is 18.0. The molecule has 0 spiro atoms. The van der Waals surface area contributed by atoms with Crippen LogP contribution in [-0.4, -0.2) is 21.3 Å². The molecule has 0 saturated heterocycles. The zero-order valence-electron chi connectivity index (χ0n) is 9.82. The molecule has 0 bridgehead atoms. The molecule has 5 nitrogen and oxygen atoms in total. The summed E-state index contributed by atoms with van der Waals surface area (Å²) in [4.78, 5) is 10.6. The Kier molecular flexibility index (Phi) is 3.37. The van der Waals surface area contributed by atoms with Gasteiger partial charge in [0, 0.05) is 0 Å². The average molecular weight is 265 g/mol. The highest BCUT2D eigenvalue weighted by atomic mass is 19.1. The Morgan fingerprint density at radius 2 is 1.95 bits per heavy atom. The number of hydrogen-bond donors (Lipinski definition) is 2. The van der Waals surface area contributed by atoms with Crippen molar-refractivity contribution in [3.8, 4) is 0 Å². The molecule has 7 heteroatoms. The van der Waals surface area contributed by atoms with Crippen molar-refractivity contribution >= 4 is 17.5 Å². The summed E-state index contributed by atoms with van der Waals surface area (Å²) in [7, 11) is 0. The van der Waals surface area contributed by atoms with Crippen molar-refractivity contribution in [1.82, 2.24) is 10.2 Å². The van der Waals surface area contributed by atoms with Crippen LogP contribution in [0.15, 0.2) is 24.3 Å². The molecule has 0 radical (unpaired) electrons. The highest BCUT2D eigenvalue weighted by Crippen LogP contribution is 2.24. The summed E-state index contributed by atoms with van der Waals surface area (Å²) in [5.74, 6) is -2.68. The lowest BCUT2D eigenvalue weighted by Crippen LogP contribution is -2.05. The average Bonchev–Trinajstić information content (AvgIpc) is 2.40. The van der Waals surface area contributed by atoms with Crippen LogP contribution in [0.5, 0.6) is 0 Å². The summed E-state index contributed by atoms with van der Waals surface area (Å²) >= 11 is 0. The Hall–Kier alpha value is -2.57. The molecule has 0 unspecified atom stereocenters. The van der Waals surface area contributed by atoms with Crippen molar-refractivity contribution in [3.63, 3.8) is 0 Å². The molecule has 0 aliphatic carbocycles. The van der Waals surface area contributed by atoms with Crippen molar-refractivity contribution in [2.45, 2.75) is 6.92 Å². The number of carboxylic acids is 1. The minimum Gasteiger partial charge on any atom is -0.476 e. The van der Waals surface area contributed by atoms with Gasteiger partial charge in [-0.3, -0.25) is 0 Å². The number of benzene rings is 1. The lowest BCUT2D eigenvalue weighted by atomic mass is 10.2. The Balaban J connectivity index is 2.31. The van der Waals surface area contributed by atoms with Gasteiger partial charge in [-0.1, -0.05) is 6.07 Å². The summed E-state index contributed by atoms with van der Waals surface area (Å²) in [6.07, 6.45) is 0. The molecular weight excluding hydrogens is 256 g/mol. The van der Waals surface area contributed by atoms with Crippen LogP contribution in [-0.2, 0) is 0 Å². The van der Waals surface area contributed by atoms with Crippen molar-refractivity contribution in [3.05, 3.63) is 47.2 Å². The summed E-state index contributed by atoms with van der Waals surface area (Å²) in [5.41, 5.74) is -0.327. The molecule has 0 aliphatic heterocycles. The number of rotatable bonds is 3. The monoisotopic (exact) mass is 265 g/mol. The molecule has 1 heterocycles. The number of aryl methyl sites for hydroxylation is 1. The molecular formula is C12H9F2N3O2. The first-order valence-corrected chi connectivity index (χ1v) is 5.27. The number of carboxylic acid groups (broad SMARTS) is 1. The fourth-order valence-corrected chi connectivity index (χ4v) is 1.41. The predicted octanol–water partition coefficient (Wildman–Crippen LogP) is 2.51. The smallest absolute Gasteiger partial charge is 0.356 e. The van der Waals surface area contributed by atoms with Gasteiger partial charge in [0.1, 0.15) is 11.5 Å². The SMILES string of the molecule is Cc1ccc(F)c(Nc2ccc(C(=O)O)nn2)c1F. The quantitative estimate of drug-likeness (QED) is 0.891. The van der Waals surface area contributed by atoms with E-state index in [2.05, 4.69) is 15.5 Å². The Morgan fingerprint density at radius 3 is 2.53 bits per heavy atom. The van der Waals surface area contributed by atoms with Crippen LogP contribution < -0.4 is 5.32 Å². The summed E-state index contributed by atoms with van der Waals surface area (Å²) < 4.78 is 27.2. The zero-order chi connectivity index (χ0) is 14.0. The van der Waals surface area contributed by atoms with E-state index in [-0.39, 0.29) is 22.8 Å². The van der Waals surface area contributed by atoms with E-state index >= 15 is 0 Å². The van der Waals surface area contributed by atoms with E-state index in [9.17, 15) is 13.6 Å². The predicted molar refractivity (Wildman–Crippen MR) is 63.4 cm³/mol. The van der Waals surface area contributed by atoms with Gasteiger partial charge in [-0.25, -0.2) is 13.6 Å². The summed E-state index contributed by atoms with van der Waals surface area (Å²) in [6, 6.07) is 4.90. The van der Waals surface area contributed by atoms with Crippen LogP contribution in [0.25, 0.3) is 0 Å². The standard InChI is InChI=1S/C12H9F2N3O2/c1-6-2-3-7(13)11(10(6)14)15-9-5-4-8(12(18)19)16-17-9/h2-5H,1H3,(H,15,17)(H,18,19). The van der Waals surface area contributed by atoms with E-state index in [1.807, 2.05) is 0 Å². The largest absolute Gasteiger partial charge is 0.476 e. The van der Waals surface area contributed by atoms with Gasteiger partial charge in [0.05, 0.1) is 0 Å². The summed E-state index contributed by atoms with van der Waals surface area (Å²) in [6.45, 7) is 1.50. The first-order valence-electron chi connectivity index (χ1n) is 5.27. The van der Waals surface area contributed by atoms with Gasteiger partial charge in [0.25, 0.3) is 0 Å². The second-order valence-electron chi connectivity index (χ2n) is 3.79. The second-order valence-corrected chi connectivity index (χ2v) is 3.79. The Bertz CT molecular complexity index is 630. The van der Waals surface area contributed by atoms with Gasteiger partial charge in [-0.2, -0.15) is 0 Å². The van der Waals surface area contributed by atoms with E-state index in [0.29, 0.717) is 0 Å². The lowest BCUT2D eigenvalue weighted by Gasteiger charge is -2.09. The molecule has 2 aromatic rings. The van der Waals surface area contributed by atoms with Crippen LogP contribution in [0.4, 0.5) is 20.3 Å². The third-order valence-electron chi connectivity index (χ3n) is 2.42. The van der Waals surface area contributed by atoms with Crippen molar-refractivity contribution < 1.29 is 18.7 Å². The number of anilines is 2. The molecule has 0 atom stereocenters. The fourth-order valence-electron chi connectivity index (χ4n) is 1.41. The molecule has 1 aromatic heterocycles. The van der Waals surface area contributed by atoms with Gasteiger partial charge in [-0.15, -0.1) is 10.2 Å². The number of carbonyl (C=O) groups is 1. The molecule has 1 aromatic carbocycles.